The largest absolute Gasteiger partial charge is 0.748 e. The van der Waals surface area contributed by atoms with E-state index >= 15 is 0 Å². The Bertz CT molecular complexity index is 806. The van der Waals surface area contributed by atoms with Crippen molar-refractivity contribution in [2.45, 2.75) is 97.8 Å². The number of rotatable bonds is 6. The molecule has 2 fully saturated rings. The second-order valence-electron chi connectivity index (χ2n) is 12.0. The molecular weight excluding hydrogens is 558 g/mol. The first-order chi connectivity index (χ1) is 14.2. The van der Waals surface area contributed by atoms with Crippen LogP contribution in [0.3, 0.4) is 0 Å². The lowest BCUT2D eigenvalue weighted by atomic mass is 9.70. The van der Waals surface area contributed by atoms with Crippen molar-refractivity contribution in [2.75, 3.05) is 5.75 Å². The summed E-state index contributed by atoms with van der Waals surface area (Å²) in [4.78, 5) is 15.9. The topological polar surface area (TPSA) is 88.2 Å². The molecule has 2 rings (SSSR count). The Hall–Kier alpha value is 0.210. The molecule has 8 heteroatoms. The number of hydrogen-bond donors (Lipinski definition) is 1. The molecule has 0 aliphatic heterocycles. The SMILES string of the molecule is CC(=[NH+]C(C(C)C)C(C)C)C(Br)C(C)(C)C.CC1(C)C2CCC1(CS(=O)(=O)[O-])C(=O)C2Br. The summed E-state index contributed by atoms with van der Waals surface area (Å²) >= 11 is 7.12. The van der Waals surface area contributed by atoms with E-state index in [-0.39, 0.29) is 21.9 Å². The van der Waals surface area contributed by atoms with Gasteiger partial charge >= 0.3 is 0 Å². The van der Waals surface area contributed by atoms with Crippen LogP contribution >= 0.6 is 31.9 Å². The summed E-state index contributed by atoms with van der Waals surface area (Å²) in [5, 5.41) is 0. The predicted molar refractivity (Wildman–Crippen MR) is 139 cm³/mol. The molecule has 0 aromatic heterocycles. The van der Waals surface area contributed by atoms with Gasteiger partial charge in [-0.2, -0.15) is 0 Å². The maximum atomic E-state index is 12.1. The van der Waals surface area contributed by atoms with Crippen LogP contribution in [0.25, 0.3) is 0 Å². The van der Waals surface area contributed by atoms with Crippen molar-refractivity contribution in [2.24, 2.45) is 34.0 Å². The van der Waals surface area contributed by atoms with Gasteiger partial charge in [0.2, 0.25) is 0 Å². The molecular formula is C24H43Br2NO4S. The third kappa shape index (κ3) is 6.45. The smallest absolute Gasteiger partial charge is 0.162 e. The number of carbonyl (C=O) groups excluding carboxylic acids is 1. The number of alkyl halides is 2. The summed E-state index contributed by atoms with van der Waals surface area (Å²) < 4.78 is 33.0. The van der Waals surface area contributed by atoms with Gasteiger partial charge < -0.3 is 4.55 Å². The molecule has 0 aromatic carbocycles. The molecule has 5 nitrogen and oxygen atoms in total. The van der Waals surface area contributed by atoms with Crippen molar-refractivity contribution in [1.82, 2.24) is 0 Å². The Kier molecular flexibility index (Phi) is 9.87. The summed E-state index contributed by atoms with van der Waals surface area (Å²) in [6, 6.07) is 0.558. The Morgan fingerprint density at radius 1 is 1.19 bits per heavy atom. The fourth-order valence-electron chi connectivity index (χ4n) is 5.56. The molecule has 0 amide bonds. The van der Waals surface area contributed by atoms with E-state index < -0.39 is 26.7 Å². The predicted octanol–water partition coefficient (Wildman–Crippen LogP) is 4.32. The van der Waals surface area contributed by atoms with Crippen LogP contribution in [0.15, 0.2) is 0 Å². The van der Waals surface area contributed by atoms with Gasteiger partial charge in [-0.1, -0.05) is 94.2 Å². The minimum Gasteiger partial charge on any atom is -0.748 e. The van der Waals surface area contributed by atoms with Crippen molar-refractivity contribution in [3.63, 3.8) is 0 Å². The average Bonchev–Trinajstić information content (AvgIpc) is 2.91. The van der Waals surface area contributed by atoms with Crippen LogP contribution in [0, 0.1) is 34.0 Å². The molecule has 0 saturated heterocycles. The van der Waals surface area contributed by atoms with E-state index in [1.807, 2.05) is 13.8 Å². The Balaban J connectivity index is 0.000000320. The van der Waals surface area contributed by atoms with Gasteiger partial charge in [0, 0.05) is 24.2 Å². The second kappa shape index (κ2) is 10.4. The van der Waals surface area contributed by atoms with Gasteiger partial charge in [0.25, 0.3) is 0 Å². The molecule has 2 aliphatic carbocycles. The van der Waals surface area contributed by atoms with E-state index in [1.54, 1.807) is 0 Å². The van der Waals surface area contributed by atoms with Crippen LogP contribution in [-0.2, 0) is 14.9 Å². The van der Waals surface area contributed by atoms with Crippen molar-refractivity contribution < 1.29 is 22.8 Å². The number of fused-ring (bicyclic) bond motifs is 2. The number of hydrogen-bond acceptors (Lipinski definition) is 4. The van der Waals surface area contributed by atoms with Crippen molar-refractivity contribution in [1.29, 1.82) is 0 Å². The normalized spacial score (nSPS) is 29.0. The van der Waals surface area contributed by atoms with Gasteiger partial charge in [-0.25, -0.2) is 13.4 Å². The highest BCUT2D eigenvalue weighted by Gasteiger charge is 2.68. The molecule has 2 bridgehead atoms. The highest BCUT2D eigenvalue weighted by Crippen LogP contribution is 2.65. The van der Waals surface area contributed by atoms with Crippen LogP contribution in [0.2, 0.25) is 0 Å². The van der Waals surface area contributed by atoms with Gasteiger partial charge in [0.05, 0.1) is 25.5 Å². The zero-order valence-corrected chi connectivity index (χ0v) is 25.4. The van der Waals surface area contributed by atoms with Crippen molar-refractivity contribution in [3.8, 4) is 0 Å². The monoisotopic (exact) mass is 599 g/mol. The number of halogens is 2. The fourth-order valence-corrected chi connectivity index (χ4v) is 8.32. The highest BCUT2D eigenvalue weighted by atomic mass is 79.9. The second-order valence-corrected chi connectivity index (χ2v) is 15.3. The lowest BCUT2D eigenvalue weighted by Crippen LogP contribution is -2.83. The molecule has 188 valence electrons. The molecule has 0 radical (unpaired) electrons. The first-order valence-corrected chi connectivity index (χ1v) is 15.0. The van der Waals surface area contributed by atoms with E-state index in [0.717, 1.165) is 6.42 Å². The van der Waals surface area contributed by atoms with E-state index in [2.05, 4.69) is 92.2 Å². The third-order valence-corrected chi connectivity index (χ3v) is 11.5. The van der Waals surface area contributed by atoms with Gasteiger partial charge in [0.1, 0.15) is 0 Å². The lowest BCUT2D eigenvalue weighted by Gasteiger charge is -2.36. The van der Waals surface area contributed by atoms with Gasteiger partial charge in [-0.15, -0.1) is 0 Å². The van der Waals surface area contributed by atoms with Crippen LogP contribution in [0.5, 0.6) is 0 Å². The molecule has 4 unspecified atom stereocenters. The number of ketones is 1. The minimum absolute atomic E-state index is 0.104. The molecule has 1 N–H and O–H groups in total. The Labute approximate surface area is 213 Å². The number of Topliss-reactive ketones (excluding diaryl/α,β-unsaturated/α-hetero) is 1. The Morgan fingerprint density at radius 3 is 1.97 bits per heavy atom. The molecule has 0 heterocycles. The van der Waals surface area contributed by atoms with Crippen LogP contribution in [0.4, 0.5) is 0 Å². The van der Waals surface area contributed by atoms with Gasteiger partial charge in [-0.3, -0.25) is 4.79 Å². The average molecular weight is 601 g/mol. The molecule has 4 atom stereocenters. The summed E-state index contributed by atoms with van der Waals surface area (Å²) in [5.74, 6) is 0.809. The van der Waals surface area contributed by atoms with Crippen molar-refractivity contribution in [3.05, 3.63) is 0 Å². The van der Waals surface area contributed by atoms with E-state index in [9.17, 15) is 17.8 Å². The standard InChI is InChI=1S/C14H28BrN.C10H15BrO4S/c1-9(2)12(10(3)4)16-11(5)13(15)14(6,7)8;1-9(2)6-3-4-10(9,5-16(13,14)15)8(12)7(6)11/h9-10,12-13H,1-8H3;6-7H,3-5H2,1-2H3,(H,13,14,15). The van der Waals surface area contributed by atoms with Crippen LogP contribution in [0.1, 0.15) is 82.1 Å². The maximum Gasteiger partial charge on any atom is 0.162 e. The molecule has 2 saturated carbocycles. The minimum atomic E-state index is -4.37. The summed E-state index contributed by atoms with van der Waals surface area (Å²) in [7, 11) is -4.37. The summed E-state index contributed by atoms with van der Waals surface area (Å²) in [6.45, 7) is 21.9. The van der Waals surface area contributed by atoms with Crippen LogP contribution < -0.4 is 4.99 Å². The molecule has 0 spiro atoms. The molecule has 32 heavy (non-hydrogen) atoms. The van der Waals surface area contributed by atoms with Gasteiger partial charge in [-0.05, 0) is 29.6 Å². The van der Waals surface area contributed by atoms with E-state index in [1.165, 1.54) is 5.71 Å². The molecule has 0 aromatic rings. The zero-order valence-electron chi connectivity index (χ0n) is 21.4. The van der Waals surface area contributed by atoms with E-state index in [4.69, 9.17) is 0 Å². The van der Waals surface area contributed by atoms with Gasteiger partial charge in [0.15, 0.2) is 17.5 Å². The maximum absolute atomic E-state index is 12.1. The van der Waals surface area contributed by atoms with Crippen molar-refractivity contribution >= 4 is 53.5 Å². The van der Waals surface area contributed by atoms with E-state index in [0.29, 0.717) is 29.1 Å². The lowest BCUT2D eigenvalue weighted by molar-refractivity contribution is -0.523. The fraction of sp³-hybridized carbons (Fsp3) is 0.917. The number of nitrogens with one attached hydrogen (secondary N) is 1. The first kappa shape index (κ1) is 30.2. The third-order valence-electron chi connectivity index (χ3n) is 7.51. The summed E-state index contributed by atoms with van der Waals surface area (Å²) in [6.07, 6.45) is 1.33. The first-order valence-electron chi connectivity index (χ1n) is 11.5. The molecule has 2 aliphatic rings. The quantitative estimate of drug-likeness (QED) is 0.279. The summed E-state index contributed by atoms with van der Waals surface area (Å²) in [5.41, 5.74) is 0.234. The zero-order chi connectivity index (χ0) is 25.4. The van der Waals surface area contributed by atoms with Crippen LogP contribution in [-0.4, -0.2) is 45.9 Å². The number of carbonyl (C=O) groups is 1. The Morgan fingerprint density at radius 2 is 1.66 bits per heavy atom. The highest BCUT2D eigenvalue weighted by molar-refractivity contribution is 9.10.